The van der Waals surface area contributed by atoms with Crippen molar-refractivity contribution in [3.63, 3.8) is 0 Å². The van der Waals surface area contributed by atoms with Gasteiger partial charge in [-0.3, -0.25) is 0 Å². The van der Waals surface area contributed by atoms with Gasteiger partial charge >= 0.3 is 0 Å². The summed E-state index contributed by atoms with van der Waals surface area (Å²) in [6.07, 6.45) is 3.29. The van der Waals surface area contributed by atoms with E-state index >= 15 is 0 Å². The first-order chi connectivity index (χ1) is 8.27. The fourth-order valence-electron chi connectivity index (χ4n) is 2.23. The normalized spacial score (nSPS) is 12.0. The number of rotatable bonds is 2. The average molecular weight is 222 g/mol. The zero-order valence-electron chi connectivity index (χ0n) is 9.14. The highest BCUT2D eigenvalue weighted by atomic mass is 16.3. The van der Waals surface area contributed by atoms with Crippen LogP contribution in [-0.4, -0.2) is 5.11 Å². The SMILES string of the molecule is C=Cc1c(C=C)c2c3c(cccc3c1O)N=N2. The largest absolute Gasteiger partial charge is 0.507 e. The lowest BCUT2D eigenvalue weighted by atomic mass is 9.96. The Balaban J connectivity index is 2.63. The second-order valence-corrected chi connectivity index (χ2v) is 3.83. The molecule has 1 aliphatic heterocycles. The van der Waals surface area contributed by atoms with E-state index in [1.54, 1.807) is 12.2 Å². The van der Waals surface area contributed by atoms with Gasteiger partial charge in [0.1, 0.15) is 11.4 Å². The molecule has 3 nitrogen and oxygen atoms in total. The second-order valence-electron chi connectivity index (χ2n) is 3.83. The van der Waals surface area contributed by atoms with Crippen molar-refractivity contribution < 1.29 is 5.11 Å². The minimum atomic E-state index is 0.211. The molecule has 0 aliphatic carbocycles. The Morgan fingerprint density at radius 1 is 1.06 bits per heavy atom. The van der Waals surface area contributed by atoms with Crippen LogP contribution in [-0.2, 0) is 0 Å². The maximum Gasteiger partial charge on any atom is 0.131 e. The average Bonchev–Trinajstić information content (AvgIpc) is 2.78. The number of phenols is 1. The van der Waals surface area contributed by atoms with Gasteiger partial charge in [-0.1, -0.05) is 37.4 Å². The summed E-state index contributed by atoms with van der Waals surface area (Å²) >= 11 is 0. The van der Waals surface area contributed by atoms with Crippen LogP contribution in [0.1, 0.15) is 11.1 Å². The molecule has 0 bridgehead atoms. The maximum absolute atomic E-state index is 10.2. The lowest BCUT2D eigenvalue weighted by Gasteiger charge is -2.10. The molecule has 3 rings (SSSR count). The Morgan fingerprint density at radius 2 is 1.82 bits per heavy atom. The van der Waals surface area contributed by atoms with Crippen molar-refractivity contribution in [1.82, 2.24) is 0 Å². The molecule has 17 heavy (non-hydrogen) atoms. The van der Waals surface area contributed by atoms with E-state index in [-0.39, 0.29) is 5.75 Å². The van der Waals surface area contributed by atoms with E-state index in [0.717, 1.165) is 27.7 Å². The fraction of sp³-hybridized carbons (Fsp3) is 0. The monoisotopic (exact) mass is 222 g/mol. The van der Waals surface area contributed by atoms with E-state index in [9.17, 15) is 5.11 Å². The highest BCUT2D eigenvalue weighted by Gasteiger charge is 2.20. The predicted octanol–water partition coefficient (Wildman–Crippen LogP) is 4.56. The molecule has 0 fully saturated rings. The molecule has 0 radical (unpaired) electrons. The van der Waals surface area contributed by atoms with Crippen LogP contribution < -0.4 is 0 Å². The Bertz CT molecular complexity index is 699. The van der Waals surface area contributed by atoms with Gasteiger partial charge in [-0.25, -0.2) is 0 Å². The van der Waals surface area contributed by atoms with E-state index < -0.39 is 0 Å². The number of benzene rings is 2. The summed E-state index contributed by atoms with van der Waals surface area (Å²) < 4.78 is 0. The summed E-state index contributed by atoms with van der Waals surface area (Å²) in [5, 5.41) is 20.1. The molecule has 1 N–H and O–H groups in total. The Hall–Kier alpha value is -2.42. The zero-order valence-corrected chi connectivity index (χ0v) is 9.14. The molecule has 0 saturated carbocycles. The van der Waals surface area contributed by atoms with Crippen molar-refractivity contribution in [2.45, 2.75) is 0 Å². The standard InChI is InChI=1S/C14H10N2O/c1-3-8-9(4-2)14(17)10-6-5-7-11-12(10)13(8)16-15-11/h3-7,17H,1-2H2. The first-order valence-electron chi connectivity index (χ1n) is 5.26. The molecule has 0 aromatic heterocycles. The van der Waals surface area contributed by atoms with Gasteiger partial charge in [0.15, 0.2) is 0 Å². The van der Waals surface area contributed by atoms with E-state index in [2.05, 4.69) is 23.4 Å². The molecule has 0 saturated heterocycles. The van der Waals surface area contributed by atoms with Crippen LogP contribution in [0.25, 0.3) is 22.9 Å². The molecule has 0 spiro atoms. The van der Waals surface area contributed by atoms with Gasteiger partial charge in [0.2, 0.25) is 0 Å². The number of nitrogens with zero attached hydrogens (tertiary/aromatic N) is 2. The van der Waals surface area contributed by atoms with Crippen molar-refractivity contribution in [3.05, 3.63) is 42.5 Å². The molecule has 3 heteroatoms. The van der Waals surface area contributed by atoms with Crippen molar-refractivity contribution >= 4 is 34.3 Å². The van der Waals surface area contributed by atoms with E-state index in [4.69, 9.17) is 0 Å². The topological polar surface area (TPSA) is 45.0 Å². The number of hydrogen-bond acceptors (Lipinski definition) is 3. The first kappa shape index (κ1) is 9.78. The van der Waals surface area contributed by atoms with Gasteiger partial charge in [-0.15, -0.1) is 10.2 Å². The predicted molar refractivity (Wildman–Crippen MR) is 70.0 cm³/mol. The highest BCUT2D eigenvalue weighted by Crippen LogP contribution is 2.48. The van der Waals surface area contributed by atoms with Gasteiger partial charge in [-0.05, 0) is 6.07 Å². The Labute approximate surface area is 98.4 Å². The fourth-order valence-corrected chi connectivity index (χ4v) is 2.23. The van der Waals surface area contributed by atoms with E-state index in [1.807, 2.05) is 18.2 Å². The summed E-state index contributed by atoms with van der Waals surface area (Å²) in [6.45, 7) is 7.48. The van der Waals surface area contributed by atoms with Crippen LogP contribution in [0, 0.1) is 0 Å². The third kappa shape index (κ3) is 1.11. The lowest BCUT2D eigenvalue weighted by Crippen LogP contribution is -1.85. The van der Waals surface area contributed by atoms with Crippen molar-refractivity contribution in [1.29, 1.82) is 0 Å². The number of aromatic hydroxyl groups is 1. The molecule has 0 amide bonds. The smallest absolute Gasteiger partial charge is 0.131 e. The van der Waals surface area contributed by atoms with Crippen molar-refractivity contribution in [2.24, 2.45) is 10.2 Å². The Morgan fingerprint density at radius 3 is 2.53 bits per heavy atom. The Kier molecular flexibility index (Phi) is 1.89. The van der Waals surface area contributed by atoms with Crippen LogP contribution in [0.2, 0.25) is 0 Å². The molecular formula is C14H10N2O. The van der Waals surface area contributed by atoms with Gasteiger partial charge < -0.3 is 5.11 Å². The summed E-state index contributed by atoms with van der Waals surface area (Å²) in [5.41, 5.74) is 2.98. The summed E-state index contributed by atoms with van der Waals surface area (Å²) in [6, 6.07) is 5.59. The highest BCUT2D eigenvalue weighted by molar-refractivity contribution is 6.10. The van der Waals surface area contributed by atoms with Gasteiger partial charge in [0, 0.05) is 21.9 Å². The summed E-state index contributed by atoms with van der Waals surface area (Å²) in [4.78, 5) is 0. The van der Waals surface area contributed by atoms with Gasteiger partial charge in [0.25, 0.3) is 0 Å². The van der Waals surface area contributed by atoms with Crippen molar-refractivity contribution in [3.8, 4) is 5.75 Å². The van der Waals surface area contributed by atoms with Crippen molar-refractivity contribution in [2.75, 3.05) is 0 Å². The van der Waals surface area contributed by atoms with Gasteiger partial charge in [-0.2, -0.15) is 0 Å². The number of phenolic OH excluding ortho intramolecular Hbond substituents is 1. The molecule has 1 aliphatic rings. The minimum Gasteiger partial charge on any atom is -0.507 e. The van der Waals surface area contributed by atoms with E-state index in [0.29, 0.717) is 5.56 Å². The number of azo groups is 1. The quantitative estimate of drug-likeness (QED) is 0.678. The second kappa shape index (κ2) is 3.28. The zero-order chi connectivity index (χ0) is 12.0. The van der Waals surface area contributed by atoms with Crippen LogP contribution in [0.15, 0.2) is 41.6 Å². The van der Waals surface area contributed by atoms with Crippen LogP contribution in [0.4, 0.5) is 11.4 Å². The van der Waals surface area contributed by atoms with Crippen LogP contribution >= 0.6 is 0 Å². The molecule has 2 aromatic rings. The maximum atomic E-state index is 10.2. The van der Waals surface area contributed by atoms with Crippen LogP contribution in [0.3, 0.4) is 0 Å². The first-order valence-corrected chi connectivity index (χ1v) is 5.26. The summed E-state index contributed by atoms with van der Waals surface area (Å²) in [5.74, 6) is 0.211. The summed E-state index contributed by atoms with van der Waals surface area (Å²) in [7, 11) is 0. The minimum absolute atomic E-state index is 0.211. The van der Waals surface area contributed by atoms with Gasteiger partial charge in [0.05, 0.1) is 5.69 Å². The van der Waals surface area contributed by atoms with Crippen LogP contribution in [0.5, 0.6) is 5.75 Å². The molecule has 0 unspecified atom stereocenters. The lowest BCUT2D eigenvalue weighted by molar-refractivity contribution is 0.480. The third-order valence-electron chi connectivity index (χ3n) is 3.00. The number of hydrogen-bond donors (Lipinski definition) is 1. The van der Waals surface area contributed by atoms with E-state index in [1.165, 1.54) is 0 Å². The molecule has 2 aromatic carbocycles. The molecule has 1 heterocycles. The third-order valence-corrected chi connectivity index (χ3v) is 3.00. The molecular weight excluding hydrogens is 212 g/mol. The molecule has 82 valence electrons. The molecule has 0 atom stereocenters.